The number of nitrogens with zero attached hydrogens (tertiary/aromatic N) is 1. The van der Waals surface area contributed by atoms with Gasteiger partial charge in [0.15, 0.2) is 7.14 Å². The summed E-state index contributed by atoms with van der Waals surface area (Å²) < 4.78 is 14.9. The lowest BCUT2D eigenvalue weighted by Gasteiger charge is -2.30. The minimum absolute atomic E-state index is 0.00289. The van der Waals surface area contributed by atoms with E-state index >= 15 is 0 Å². The van der Waals surface area contributed by atoms with Crippen LogP contribution in [0.25, 0.3) is 22.4 Å². The maximum absolute atomic E-state index is 14.9. The molecule has 0 fully saturated rings. The van der Waals surface area contributed by atoms with Crippen molar-refractivity contribution in [2.75, 3.05) is 0 Å². The van der Waals surface area contributed by atoms with Gasteiger partial charge in [-0.25, -0.2) is 4.98 Å². The molecule has 5 aromatic rings. The van der Waals surface area contributed by atoms with Crippen LogP contribution in [0.15, 0.2) is 121 Å². The molecule has 1 aliphatic rings. The molecule has 0 atom stereocenters. The monoisotopic (exact) mass is 499 g/mol. The Morgan fingerprint density at radius 2 is 1.22 bits per heavy atom. The van der Waals surface area contributed by atoms with Crippen LogP contribution >= 0.6 is 7.14 Å². The summed E-state index contributed by atoms with van der Waals surface area (Å²) in [6.45, 7) is 4.58. The van der Waals surface area contributed by atoms with Gasteiger partial charge in [0, 0.05) is 21.6 Å². The summed E-state index contributed by atoms with van der Waals surface area (Å²) in [4.78, 5) is 5.08. The van der Waals surface area contributed by atoms with Crippen LogP contribution in [-0.4, -0.2) is 4.98 Å². The average Bonchev–Trinajstić information content (AvgIpc) is 3.27. The van der Waals surface area contributed by atoms with Crippen molar-refractivity contribution in [3.63, 3.8) is 0 Å². The van der Waals surface area contributed by atoms with Crippen LogP contribution in [0.4, 0.5) is 0 Å². The van der Waals surface area contributed by atoms with E-state index in [0.717, 1.165) is 34.7 Å². The predicted molar refractivity (Wildman–Crippen MR) is 156 cm³/mol. The Bertz CT molecular complexity index is 1580. The highest BCUT2D eigenvalue weighted by Crippen LogP contribution is 2.53. The molecular weight excluding hydrogens is 469 g/mol. The van der Waals surface area contributed by atoms with E-state index in [1.165, 1.54) is 22.3 Å². The summed E-state index contributed by atoms with van der Waals surface area (Å²) in [5, 5.41) is 1.59. The van der Waals surface area contributed by atoms with Crippen molar-refractivity contribution in [1.82, 2.24) is 4.98 Å². The molecule has 1 aliphatic carbocycles. The largest absolute Gasteiger partial charge is 0.307 e. The highest BCUT2D eigenvalue weighted by Gasteiger charge is 2.40. The van der Waals surface area contributed by atoms with E-state index in [1.807, 2.05) is 78.9 Å². The zero-order chi connectivity index (χ0) is 25.5. The van der Waals surface area contributed by atoms with Crippen LogP contribution in [0, 0.1) is 0 Å². The maximum atomic E-state index is 14.9. The van der Waals surface area contributed by atoms with E-state index in [-0.39, 0.29) is 5.41 Å². The molecule has 3 heteroatoms. The lowest BCUT2D eigenvalue weighted by molar-refractivity contribution is 0.490. The third-order valence-corrected chi connectivity index (χ3v) is 11.0. The number of benzene rings is 4. The third kappa shape index (κ3) is 3.63. The van der Waals surface area contributed by atoms with Gasteiger partial charge < -0.3 is 4.57 Å². The van der Waals surface area contributed by atoms with Gasteiger partial charge in [0.2, 0.25) is 0 Å². The third-order valence-electron chi connectivity index (χ3n) is 8.07. The average molecular weight is 500 g/mol. The molecule has 0 spiro atoms. The standard InChI is InChI=1S/C34H30NOP/c1-3-34(4-2)30-19-12-11-18-28(30)29-23-22-25(24-31(29)34)32-20-13-21-33(35-32)37(36,26-14-7-5-8-15-26)27-16-9-6-10-17-27/h5-24H,3-4H2,1-2H3. The second-order valence-electron chi connectivity index (χ2n) is 9.76. The van der Waals surface area contributed by atoms with Crippen LogP contribution < -0.4 is 16.0 Å². The molecule has 0 amide bonds. The minimum Gasteiger partial charge on any atom is -0.307 e. The molecule has 0 saturated carbocycles. The summed E-state index contributed by atoms with van der Waals surface area (Å²) in [6, 6.07) is 41.0. The lowest BCUT2D eigenvalue weighted by atomic mass is 9.73. The topological polar surface area (TPSA) is 30.0 Å². The predicted octanol–water partition coefficient (Wildman–Crippen LogP) is 7.47. The quantitative estimate of drug-likeness (QED) is 0.227. The zero-order valence-electron chi connectivity index (χ0n) is 21.3. The second kappa shape index (κ2) is 9.29. The Hall–Kier alpha value is -3.74. The highest BCUT2D eigenvalue weighted by atomic mass is 31.2. The molecule has 0 aliphatic heterocycles. The Labute approximate surface area is 219 Å². The minimum atomic E-state index is -3.14. The summed E-state index contributed by atoms with van der Waals surface area (Å²) in [7, 11) is -3.14. The van der Waals surface area contributed by atoms with Gasteiger partial charge in [0.1, 0.15) is 5.44 Å². The van der Waals surface area contributed by atoms with Gasteiger partial charge >= 0.3 is 0 Å². The van der Waals surface area contributed by atoms with Crippen LogP contribution in [-0.2, 0) is 9.98 Å². The van der Waals surface area contributed by atoms with Crippen molar-refractivity contribution < 1.29 is 4.57 Å². The molecule has 0 saturated heterocycles. The molecule has 0 N–H and O–H groups in total. The molecule has 0 unspecified atom stereocenters. The first-order valence-electron chi connectivity index (χ1n) is 13.1. The van der Waals surface area contributed by atoms with Crippen LogP contribution in [0.5, 0.6) is 0 Å². The van der Waals surface area contributed by atoms with Crippen molar-refractivity contribution in [1.29, 1.82) is 0 Å². The number of fused-ring (bicyclic) bond motifs is 3. The van der Waals surface area contributed by atoms with E-state index in [9.17, 15) is 4.57 Å². The van der Waals surface area contributed by atoms with Gasteiger partial charge in [0.25, 0.3) is 0 Å². The molecule has 6 rings (SSSR count). The van der Waals surface area contributed by atoms with Crippen molar-refractivity contribution in [3.8, 4) is 22.4 Å². The number of aromatic nitrogens is 1. The Balaban J connectivity index is 1.51. The summed E-state index contributed by atoms with van der Waals surface area (Å²) in [5.41, 5.74) is 7.98. The number of rotatable bonds is 6. The van der Waals surface area contributed by atoms with Gasteiger partial charge in [-0.2, -0.15) is 0 Å². The summed E-state index contributed by atoms with van der Waals surface area (Å²) in [6.07, 6.45) is 2.09. The SMILES string of the molecule is CCC1(CC)c2ccccc2-c2ccc(-c3cccc(P(=O)(c4ccccc4)c4ccccc4)n3)cc21. The molecule has 4 aromatic carbocycles. The normalized spacial score (nSPS) is 13.7. The fourth-order valence-electron chi connectivity index (χ4n) is 6.08. The van der Waals surface area contributed by atoms with Crippen molar-refractivity contribution in [2.45, 2.75) is 32.1 Å². The number of hydrogen-bond acceptors (Lipinski definition) is 2. The number of hydrogen-bond donors (Lipinski definition) is 0. The van der Waals surface area contributed by atoms with E-state index < -0.39 is 7.14 Å². The Morgan fingerprint density at radius 1 is 0.622 bits per heavy atom. The van der Waals surface area contributed by atoms with Gasteiger partial charge in [0.05, 0.1) is 5.69 Å². The summed E-state index contributed by atoms with van der Waals surface area (Å²) >= 11 is 0. The highest BCUT2D eigenvalue weighted by molar-refractivity contribution is 7.85. The molecule has 0 bridgehead atoms. The molecule has 182 valence electrons. The van der Waals surface area contributed by atoms with E-state index in [0.29, 0.717) is 5.44 Å². The Morgan fingerprint density at radius 3 is 1.86 bits per heavy atom. The van der Waals surface area contributed by atoms with Crippen molar-refractivity contribution >= 4 is 23.2 Å². The first-order valence-corrected chi connectivity index (χ1v) is 14.8. The van der Waals surface area contributed by atoms with Gasteiger partial charge in [-0.1, -0.05) is 117 Å². The summed E-state index contributed by atoms with van der Waals surface area (Å²) in [5.74, 6) is 0. The number of pyridine rings is 1. The molecular formula is C34H30NOP. The zero-order valence-corrected chi connectivity index (χ0v) is 22.2. The van der Waals surface area contributed by atoms with Crippen LogP contribution in [0.2, 0.25) is 0 Å². The molecule has 2 nitrogen and oxygen atoms in total. The fraction of sp³-hybridized carbons (Fsp3) is 0.147. The fourth-order valence-corrected chi connectivity index (χ4v) is 8.63. The van der Waals surface area contributed by atoms with Gasteiger partial charge in [-0.3, -0.25) is 0 Å². The smallest absolute Gasteiger partial charge is 0.188 e. The molecule has 37 heavy (non-hydrogen) atoms. The van der Waals surface area contributed by atoms with Crippen molar-refractivity contribution in [2.24, 2.45) is 0 Å². The first-order chi connectivity index (χ1) is 18.1. The molecule has 1 aromatic heterocycles. The van der Waals surface area contributed by atoms with Gasteiger partial charge in [-0.05, 0) is 53.3 Å². The second-order valence-corrected chi connectivity index (χ2v) is 12.5. The van der Waals surface area contributed by atoms with Gasteiger partial charge in [-0.15, -0.1) is 0 Å². The van der Waals surface area contributed by atoms with E-state index in [2.05, 4.69) is 56.3 Å². The first kappa shape index (κ1) is 23.6. The van der Waals surface area contributed by atoms with Crippen molar-refractivity contribution in [3.05, 3.63) is 132 Å². The van der Waals surface area contributed by atoms with Crippen LogP contribution in [0.3, 0.4) is 0 Å². The maximum Gasteiger partial charge on any atom is 0.188 e. The van der Waals surface area contributed by atoms with E-state index in [4.69, 9.17) is 4.98 Å². The van der Waals surface area contributed by atoms with Crippen LogP contribution in [0.1, 0.15) is 37.8 Å². The Kier molecular flexibility index (Phi) is 5.94. The lowest BCUT2D eigenvalue weighted by Crippen LogP contribution is -2.27. The molecule has 0 radical (unpaired) electrons. The van der Waals surface area contributed by atoms with E-state index in [1.54, 1.807) is 0 Å². The molecule has 1 heterocycles.